The molecule has 0 radical (unpaired) electrons. The molecule has 0 saturated heterocycles. The van der Waals surface area contributed by atoms with Crippen molar-refractivity contribution in [3.63, 3.8) is 0 Å². The predicted molar refractivity (Wildman–Crippen MR) is 140 cm³/mol. The smallest absolute Gasteiger partial charge is 0.321 e. The first-order valence-corrected chi connectivity index (χ1v) is 12.0. The molecular weight excluding hydrogens is 483 g/mol. The predicted octanol–water partition coefficient (Wildman–Crippen LogP) is 7.37. The van der Waals surface area contributed by atoms with Crippen LogP contribution in [0.4, 0.5) is 21.0 Å². The number of hydrogen-bond donors (Lipinski definition) is 2. The first-order valence-electron chi connectivity index (χ1n) is 10.8. The van der Waals surface area contributed by atoms with Gasteiger partial charge >= 0.3 is 12.1 Å². The van der Waals surface area contributed by atoms with Crippen LogP contribution in [-0.2, 0) is 0 Å². The quantitative estimate of drug-likeness (QED) is 0.388. The Hall–Kier alpha value is -2.41. The summed E-state index contributed by atoms with van der Waals surface area (Å²) in [6, 6.07) is 10.1. The van der Waals surface area contributed by atoms with Crippen molar-refractivity contribution in [3.8, 4) is 0 Å². The van der Waals surface area contributed by atoms with Crippen LogP contribution in [0, 0.1) is 0 Å². The van der Waals surface area contributed by atoms with Crippen LogP contribution in [0.3, 0.4) is 0 Å². The molecule has 33 heavy (non-hydrogen) atoms. The number of carbonyl (C=O) groups is 2. The third-order valence-corrected chi connectivity index (χ3v) is 6.13. The molecule has 9 heteroatoms. The van der Waals surface area contributed by atoms with Crippen molar-refractivity contribution in [1.82, 2.24) is 9.80 Å². The average molecular weight is 512 g/mol. The highest BCUT2D eigenvalue weighted by Gasteiger charge is 2.16. The number of nitrogens with zero attached hydrogens (tertiary/aromatic N) is 2. The van der Waals surface area contributed by atoms with Crippen molar-refractivity contribution in [2.75, 3.05) is 36.8 Å². The first kappa shape index (κ1) is 26.8. The zero-order valence-corrected chi connectivity index (χ0v) is 21.5. The van der Waals surface area contributed by atoms with Crippen LogP contribution >= 0.6 is 34.8 Å². The van der Waals surface area contributed by atoms with Crippen LogP contribution in [-0.4, -0.2) is 48.0 Å². The average Bonchev–Trinajstić information content (AvgIpc) is 2.80. The van der Waals surface area contributed by atoms with Crippen molar-refractivity contribution >= 4 is 63.8 Å². The van der Waals surface area contributed by atoms with E-state index in [4.69, 9.17) is 34.8 Å². The highest BCUT2D eigenvalue weighted by molar-refractivity contribution is 6.34. The summed E-state index contributed by atoms with van der Waals surface area (Å²) >= 11 is 18.9. The zero-order valence-electron chi connectivity index (χ0n) is 19.2. The van der Waals surface area contributed by atoms with Crippen molar-refractivity contribution < 1.29 is 9.59 Å². The van der Waals surface area contributed by atoms with Crippen molar-refractivity contribution in [3.05, 3.63) is 63.1 Å². The minimum Gasteiger partial charge on any atom is -0.325 e. The highest BCUT2D eigenvalue weighted by Crippen LogP contribution is 2.33. The Bertz CT molecular complexity index is 941. The van der Waals surface area contributed by atoms with Gasteiger partial charge in [0.15, 0.2) is 0 Å². The zero-order chi connectivity index (χ0) is 24.5. The number of anilines is 2. The van der Waals surface area contributed by atoms with Gasteiger partial charge < -0.3 is 20.4 Å². The van der Waals surface area contributed by atoms with Crippen LogP contribution < -0.4 is 10.6 Å². The molecule has 0 aliphatic heterocycles. The molecular formula is C24H29Cl3N4O2. The Balaban J connectivity index is 2.37. The van der Waals surface area contributed by atoms with Crippen LogP contribution in [0.25, 0.3) is 5.57 Å². The lowest BCUT2D eigenvalue weighted by Crippen LogP contribution is -2.34. The molecule has 0 atom stereocenters. The van der Waals surface area contributed by atoms with E-state index >= 15 is 0 Å². The fourth-order valence-electron chi connectivity index (χ4n) is 3.28. The van der Waals surface area contributed by atoms with Crippen LogP contribution in [0.5, 0.6) is 0 Å². The van der Waals surface area contributed by atoms with Gasteiger partial charge in [0.1, 0.15) is 0 Å². The maximum absolute atomic E-state index is 12.5. The third-order valence-electron chi connectivity index (χ3n) is 5.25. The maximum atomic E-state index is 12.5. The molecule has 0 spiro atoms. The van der Waals surface area contributed by atoms with Crippen LogP contribution in [0.1, 0.15) is 38.8 Å². The third kappa shape index (κ3) is 6.79. The summed E-state index contributed by atoms with van der Waals surface area (Å²) in [7, 11) is 0. The van der Waals surface area contributed by atoms with Crippen LogP contribution in [0.15, 0.2) is 41.9 Å². The van der Waals surface area contributed by atoms with Gasteiger partial charge in [-0.15, -0.1) is 0 Å². The summed E-state index contributed by atoms with van der Waals surface area (Å²) in [6.45, 7) is 9.97. The number of halogens is 3. The summed E-state index contributed by atoms with van der Waals surface area (Å²) in [6.07, 6.45) is 0. The molecule has 0 aromatic heterocycles. The number of urea groups is 2. The van der Waals surface area contributed by atoms with E-state index in [1.54, 1.807) is 34.1 Å². The monoisotopic (exact) mass is 510 g/mol. The van der Waals surface area contributed by atoms with Gasteiger partial charge in [-0.1, -0.05) is 46.9 Å². The van der Waals surface area contributed by atoms with Gasteiger partial charge in [0.2, 0.25) is 0 Å². The molecule has 178 valence electrons. The molecule has 0 bridgehead atoms. The van der Waals surface area contributed by atoms with Gasteiger partial charge in [-0.25, -0.2) is 9.59 Å². The number of rotatable bonds is 8. The SMILES string of the molecule is CCN(CC)C(=O)Nc1cc(C(=CCl)c2ccc(Cl)c(NC(=O)N(CC)CC)c2)ccc1Cl. The van der Waals surface area contributed by atoms with Gasteiger partial charge in [-0.05, 0) is 63.1 Å². The number of hydrogen-bond acceptors (Lipinski definition) is 2. The Morgan fingerprint density at radius 2 is 1.12 bits per heavy atom. The van der Waals surface area contributed by atoms with E-state index in [0.717, 1.165) is 11.1 Å². The van der Waals surface area contributed by atoms with E-state index in [1.165, 1.54) is 5.54 Å². The summed E-state index contributed by atoms with van der Waals surface area (Å²) in [4.78, 5) is 28.3. The van der Waals surface area contributed by atoms with Gasteiger partial charge in [0.25, 0.3) is 0 Å². The topological polar surface area (TPSA) is 64.7 Å². The molecule has 2 aromatic rings. The summed E-state index contributed by atoms with van der Waals surface area (Å²) < 4.78 is 0. The minimum absolute atomic E-state index is 0.233. The van der Waals surface area contributed by atoms with Gasteiger partial charge in [-0.3, -0.25) is 0 Å². The normalized spacial score (nSPS) is 10.4. The largest absolute Gasteiger partial charge is 0.325 e. The Morgan fingerprint density at radius 1 is 0.758 bits per heavy atom. The second kappa shape index (κ2) is 12.7. The van der Waals surface area contributed by atoms with Crippen molar-refractivity contribution in [2.24, 2.45) is 0 Å². The lowest BCUT2D eigenvalue weighted by molar-refractivity contribution is 0.216. The van der Waals surface area contributed by atoms with Crippen molar-refractivity contribution in [1.29, 1.82) is 0 Å². The molecule has 0 aliphatic carbocycles. The molecule has 2 N–H and O–H groups in total. The molecule has 6 nitrogen and oxygen atoms in total. The fraction of sp³-hybridized carbons (Fsp3) is 0.333. The Labute approximate surface area is 210 Å². The molecule has 0 fully saturated rings. The number of nitrogens with one attached hydrogen (secondary N) is 2. The number of benzene rings is 2. The summed E-state index contributed by atoms with van der Waals surface area (Å²) in [5.74, 6) is 0. The molecule has 0 aliphatic rings. The van der Waals surface area contributed by atoms with E-state index in [-0.39, 0.29) is 12.1 Å². The highest BCUT2D eigenvalue weighted by atomic mass is 35.5. The van der Waals surface area contributed by atoms with Crippen LogP contribution in [0.2, 0.25) is 10.0 Å². The second-order valence-electron chi connectivity index (χ2n) is 7.12. The number of carbonyl (C=O) groups excluding carboxylic acids is 2. The van der Waals surface area contributed by atoms with E-state index in [9.17, 15) is 9.59 Å². The Kier molecular flexibility index (Phi) is 10.4. The lowest BCUT2D eigenvalue weighted by atomic mass is 9.98. The molecule has 0 unspecified atom stereocenters. The standard InChI is InChI=1S/C24H29Cl3N4O2/c1-5-30(6-2)23(32)28-21-13-16(9-11-19(21)26)18(15-25)17-10-12-20(27)22(14-17)29-24(33)31(7-3)8-4/h9-15H,5-8H2,1-4H3,(H,28,32)(H,29,33). The molecule has 4 amide bonds. The summed E-state index contributed by atoms with van der Waals surface area (Å²) in [5, 5.41) is 6.54. The molecule has 2 aromatic carbocycles. The van der Waals surface area contributed by atoms with Gasteiger partial charge in [-0.2, -0.15) is 0 Å². The lowest BCUT2D eigenvalue weighted by Gasteiger charge is -2.21. The molecule has 2 rings (SSSR count). The van der Waals surface area contributed by atoms with Gasteiger partial charge in [0.05, 0.1) is 21.4 Å². The number of amides is 4. The minimum atomic E-state index is -0.233. The van der Waals surface area contributed by atoms with Gasteiger partial charge in [0, 0.05) is 37.3 Å². The van der Waals surface area contributed by atoms with E-state index < -0.39 is 0 Å². The van der Waals surface area contributed by atoms with Crippen molar-refractivity contribution in [2.45, 2.75) is 27.7 Å². The van der Waals surface area contributed by atoms with E-state index in [1.807, 2.05) is 39.8 Å². The maximum Gasteiger partial charge on any atom is 0.321 e. The van der Waals surface area contributed by atoms with E-state index in [0.29, 0.717) is 53.2 Å². The fourth-order valence-corrected chi connectivity index (χ4v) is 3.86. The van der Waals surface area contributed by atoms with E-state index in [2.05, 4.69) is 10.6 Å². The molecule has 0 heterocycles. The summed E-state index contributed by atoms with van der Waals surface area (Å²) in [5.41, 5.74) is 4.57. The first-order chi connectivity index (χ1) is 15.8. The second-order valence-corrected chi connectivity index (χ2v) is 8.15. The molecule has 0 saturated carbocycles. The Morgan fingerprint density at radius 3 is 1.42 bits per heavy atom.